The number of ether oxygens (including phenoxy) is 2. The van der Waals surface area contributed by atoms with Gasteiger partial charge in [-0.3, -0.25) is 13.9 Å². The lowest BCUT2D eigenvalue weighted by molar-refractivity contribution is -0.144. The number of nitrogen functional groups attached to an aromatic ring is 1. The van der Waals surface area contributed by atoms with Gasteiger partial charge in [0, 0.05) is 7.05 Å². The number of nitrogens with zero attached hydrogens (tertiary/aromatic N) is 4. The second-order valence-electron chi connectivity index (χ2n) is 8.86. The van der Waals surface area contributed by atoms with Gasteiger partial charge in [-0.05, 0) is 26.0 Å². The Hall–Kier alpha value is -3.40. The largest absolute Gasteiger partial charge is 0.465 e. The zero-order valence-corrected chi connectivity index (χ0v) is 22.8. The number of aliphatic hydroxyl groups is 2. The highest BCUT2D eigenvalue weighted by Gasteiger charge is 2.59. The first-order chi connectivity index (χ1) is 19.0. The standard InChI is InChI=1S/C23H31FN7O8P/c1-4-36-20(34)13(2)30-40(35,39-14-8-6-5-7-9-14)37-10-15-17(33)23(24,11-32)21(38-15)31-12-27-16-18(26-3)28-22(25)29-19(16)31/h5-9,12-13,15,17,21,32-33H,4,10-11H2,1-3H3,(H,30,35)(H3,25,26,28,29)/t13-,15-,17-,21-,23-,40-/m1/s1. The summed E-state index contributed by atoms with van der Waals surface area (Å²) in [6.45, 7) is 1.29. The first-order valence-electron chi connectivity index (χ1n) is 12.3. The Balaban J connectivity index is 1.59. The zero-order chi connectivity index (χ0) is 29.1. The maximum Gasteiger partial charge on any atom is 0.459 e. The van der Waals surface area contributed by atoms with E-state index in [1.54, 1.807) is 32.2 Å². The fourth-order valence-electron chi connectivity index (χ4n) is 4.13. The SMILES string of the molecule is CCOC(=O)[C@@H](C)N[P@@](=O)(OC[C@H]1O[C@@H](n2cnc3c(NC)nc(N)nc32)[C@@](F)(CO)[C@@H]1O)Oc1ccccc1. The zero-order valence-electron chi connectivity index (χ0n) is 21.9. The van der Waals surface area contributed by atoms with Crippen molar-refractivity contribution in [1.29, 1.82) is 0 Å². The van der Waals surface area contributed by atoms with Crippen molar-refractivity contribution in [1.82, 2.24) is 24.6 Å². The van der Waals surface area contributed by atoms with Crippen molar-refractivity contribution in [2.45, 2.75) is 44.0 Å². The van der Waals surface area contributed by atoms with Crippen LogP contribution in [-0.4, -0.2) is 86.5 Å². The Morgan fingerprint density at radius 2 is 2.08 bits per heavy atom. The minimum atomic E-state index is -4.33. The molecule has 2 aromatic heterocycles. The van der Waals surface area contributed by atoms with Gasteiger partial charge in [-0.25, -0.2) is 13.9 Å². The molecule has 6 atom stereocenters. The van der Waals surface area contributed by atoms with E-state index in [1.807, 2.05) is 0 Å². The normalized spacial score (nSPS) is 24.9. The van der Waals surface area contributed by atoms with Gasteiger partial charge >= 0.3 is 13.7 Å². The molecule has 1 aliphatic rings. The van der Waals surface area contributed by atoms with Crippen molar-refractivity contribution in [3.63, 3.8) is 0 Å². The number of nitrogens with one attached hydrogen (secondary N) is 2. The summed E-state index contributed by atoms with van der Waals surface area (Å²) >= 11 is 0. The number of aromatic nitrogens is 4. The lowest BCUT2D eigenvalue weighted by Gasteiger charge is -2.27. The smallest absolute Gasteiger partial charge is 0.459 e. The minimum absolute atomic E-state index is 0.0779. The molecule has 15 nitrogen and oxygen atoms in total. The van der Waals surface area contributed by atoms with Crippen molar-refractivity contribution in [3.05, 3.63) is 36.7 Å². The molecule has 0 radical (unpaired) electrons. The lowest BCUT2D eigenvalue weighted by atomic mass is 9.97. The third kappa shape index (κ3) is 5.87. The lowest BCUT2D eigenvalue weighted by Crippen LogP contribution is -2.46. The number of para-hydroxylation sites is 1. The van der Waals surface area contributed by atoms with Gasteiger partial charge in [-0.2, -0.15) is 15.1 Å². The highest BCUT2D eigenvalue weighted by molar-refractivity contribution is 7.52. The topological polar surface area (TPSA) is 205 Å². The molecular weight excluding hydrogens is 552 g/mol. The Kier molecular flexibility index (Phi) is 8.87. The Labute approximate surface area is 228 Å². The second-order valence-corrected chi connectivity index (χ2v) is 10.6. The number of nitrogens with two attached hydrogens (primary N) is 1. The molecule has 1 fully saturated rings. The van der Waals surface area contributed by atoms with E-state index in [1.165, 1.54) is 25.4 Å². The van der Waals surface area contributed by atoms with Crippen LogP contribution in [-0.2, 0) is 23.4 Å². The predicted octanol–water partition coefficient (Wildman–Crippen LogP) is 1.15. The maximum absolute atomic E-state index is 16.1. The summed E-state index contributed by atoms with van der Waals surface area (Å²) in [7, 11) is -2.75. The molecule has 6 N–H and O–H groups in total. The molecule has 1 aromatic carbocycles. The first kappa shape index (κ1) is 29.6. The van der Waals surface area contributed by atoms with E-state index in [9.17, 15) is 19.6 Å². The van der Waals surface area contributed by atoms with Crippen LogP contribution in [0.1, 0.15) is 20.1 Å². The molecule has 0 spiro atoms. The van der Waals surface area contributed by atoms with Crippen LogP contribution >= 0.6 is 7.75 Å². The number of hydrogen-bond donors (Lipinski definition) is 5. The molecule has 3 heterocycles. The molecule has 0 saturated carbocycles. The van der Waals surface area contributed by atoms with Crippen LogP contribution in [0.3, 0.4) is 0 Å². The number of carbonyl (C=O) groups is 1. The van der Waals surface area contributed by atoms with E-state index < -0.39 is 57.1 Å². The van der Waals surface area contributed by atoms with Crippen LogP contribution in [0.25, 0.3) is 11.2 Å². The number of anilines is 2. The molecule has 40 heavy (non-hydrogen) atoms. The van der Waals surface area contributed by atoms with Gasteiger partial charge < -0.3 is 35.3 Å². The number of halogens is 1. The molecule has 4 rings (SSSR count). The van der Waals surface area contributed by atoms with Gasteiger partial charge in [0.15, 0.2) is 23.2 Å². The van der Waals surface area contributed by atoms with E-state index in [4.69, 9.17) is 24.3 Å². The number of fused-ring (bicyclic) bond motifs is 1. The van der Waals surface area contributed by atoms with E-state index >= 15 is 4.39 Å². The molecule has 1 saturated heterocycles. The third-order valence-corrected chi connectivity index (χ3v) is 7.74. The third-order valence-electron chi connectivity index (χ3n) is 6.10. The fraction of sp³-hybridized carbons (Fsp3) is 0.478. The van der Waals surface area contributed by atoms with Crippen molar-refractivity contribution in [2.75, 3.05) is 37.9 Å². The number of aliphatic hydroxyl groups excluding tert-OH is 2. The predicted molar refractivity (Wildman–Crippen MR) is 140 cm³/mol. The summed E-state index contributed by atoms with van der Waals surface area (Å²) in [4.78, 5) is 24.5. The Bertz CT molecular complexity index is 1380. The number of rotatable bonds is 12. The van der Waals surface area contributed by atoms with Crippen LogP contribution in [0.5, 0.6) is 5.75 Å². The van der Waals surface area contributed by atoms with Crippen molar-refractivity contribution in [3.8, 4) is 5.75 Å². The molecule has 17 heteroatoms. The number of benzene rings is 1. The minimum Gasteiger partial charge on any atom is -0.465 e. The Morgan fingerprint density at radius 3 is 2.73 bits per heavy atom. The van der Waals surface area contributed by atoms with Crippen molar-refractivity contribution in [2.24, 2.45) is 0 Å². The summed E-state index contributed by atoms with van der Waals surface area (Å²) in [6, 6.07) is 6.89. The average Bonchev–Trinajstić information content (AvgIpc) is 3.46. The summed E-state index contributed by atoms with van der Waals surface area (Å²) in [6.07, 6.45) is -3.83. The molecule has 0 amide bonds. The monoisotopic (exact) mass is 583 g/mol. The fourth-order valence-corrected chi connectivity index (χ4v) is 5.63. The van der Waals surface area contributed by atoms with E-state index in [-0.39, 0.29) is 35.3 Å². The molecule has 3 aromatic rings. The number of esters is 1. The number of carbonyl (C=O) groups excluding carboxylic acids is 1. The van der Waals surface area contributed by atoms with Crippen LogP contribution in [0.15, 0.2) is 36.7 Å². The van der Waals surface area contributed by atoms with Crippen LogP contribution in [0.2, 0.25) is 0 Å². The highest BCUT2D eigenvalue weighted by Crippen LogP contribution is 2.48. The number of imidazole rings is 1. The van der Waals surface area contributed by atoms with E-state index in [0.717, 1.165) is 4.57 Å². The summed E-state index contributed by atoms with van der Waals surface area (Å²) in [5, 5.41) is 26.1. The van der Waals surface area contributed by atoms with Gasteiger partial charge in [0.25, 0.3) is 0 Å². The van der Waals surface area contributed by atoms with E-state index in [0.29, 0.717) is 0 Å². The van der Waals surface area contributed by atoms with Gasteiger partial charge in [-0.1, -0.05) is 18.2 Å². The molecular formula is C23H31FN7O8P. The van der Waals surface area contributed by atoms with Gasteiger partial charge in [0.2, 0.25) is 11.6 Å². The number of hydrogen-bond acceptors (Lipinski definition) is 13. The quantitative estimate of drug-likeness (QED) is 0.150. The summed E-state index contributed by atoms with van der Waals surface area (Å²) in [5.74, 6) is -0.421. The second kappa shape index (κ2) is 12.0. The maximum atomic E-state index is 16.1. The van der Waals surface area contributed by atoms with Gasteiger partial charge in [0.05, 0.1) is 26.1 Å². The summed E-state index contributed by atoms with van der Waals surface area (Å²) < 4.78 is 52.8. The van der Waals surface area contributed by atoms with Crippen LogP contribution in [0.4, 0.5) is 16.2 Å². The molecule has 0 aliphatic carbocycles. The molecule has 0 bridgehead atoms. The van der Waals surface area contributed by atoms with Crippen LogP contribution in [0, 0.1) is 0 Å². The van der Waals surface area contributed by atoms with Crippen molar-refractivity contribution >= 4 is 36.6 Å². The first-order valence-corrected chi connectivity index (χ1v) is 13.8. The van der Waals surface area contributed by atoms with Gasteiger partial charge in [0.1, 0.15) is 24.0 Å². The van der Waals surface area contributed by atoms with E-state index in [2.05, 4.69) is 25.4 Å². The summed E-state index contributed by atoms with van der Waals surface area (Å²) in [5.41, 5.74) is 3.35. The van der Waals surface area contributed by atoms with Gasteiger partial charge in [-0.15, -0.1) is 0 Å². The highest BCUT2D eigenvalue weighted by atomic mass is 31.2. The molecule has 1 aliphatic heterocycles. The number of alkyl halides is 1. The Morgan fingerprint density at radius 1 is 1.35 bits per heavy atom. The molecule has 0 unspecified atom stereocenters. The van der Waals surface area contributed by atoms with Crippen LogP contribution < -0.4 is 20.7 Å². The van der Waals surface area contributed by atoms with Crippen molar-refractivity contribution < 1.29 is 42.5 Å². The average molecular weight is 584 g/mol. The molecule has 218 valence electrons.